The largest absolute Gasteiger partial charge is 0.394 e. The molecule has 0 spiro atoms. The molecule has 0 aliphatic carbocycles. The van der Waals surface area contributed by atoms with Gasteiger partial charge in [-0.2, -0.15) is 0 Å². The lowest BCUT2D eigenvalue weighted by atomic mass is 9.97. The van der Waals surface area contributed by atoms with Gasteiger partial charge in [0.2, 0.25) is 0 Å². The average Bonchev–Trinajstić information content (AvgIpc) is 2.58. The van der Waals surface area contributed by atoms with Gasteiger partial charge in [0, 0.05) is 7.11 Å². The smallest absolute Gasteiger partial charge is 0.187 e. The maximum Gasteiger partial charge on any atom is 0.187 e. The Labute approximate surface area is 137 Å². The van der Waals surface area contributed by atoms with Crippen LogP contribution >= 0.6 is 0 Å². The number of methoxy groups -OCH3 is 1. The molecule has 0 aromatic rings. The molecule has 0 bridgehead atoms. The Hall–Kier alpha value is -0.440. The first-order valence-electron chi connectivity index (χ1n) is 7.46. The van der Waals surface area contributed by atoms with Gasteiger partial charge in [-0.25, -0.2) is 0 Å². The van der Waals surface area contributed by atoms with Crippen LogP contribution in [0.5, 0.6) is 0 Å². The van der Waals surface area contributed by atoms with Crippen LogP contribution in [0, 0.1) is 0 Å². The van der Waals surface area contributed by atoms with Gasteiger partial charge in [0.05, 0.1) is 13.2 Å². The number of aliphatic hydroxyl groups excluding tert-OH is 7. The topological polar surface area (TPSA) is 179 Å². The summed E-state index contributed by atoms with van der Waals surface area (Å²) in [4.78, 5) is 0. The number of hydrogen-bond donors (Lipinski definition) is 7. The summed E-state index contributed by atoms with van der Waals surface area (Å²) in [5.74, 6) is 0. The second kappa shape index (κ2) is 8.29. The van der Waals surface area contributed by atoms with Crippen molar-refractivity contribution in [3.63, 3.8) is 0 Å². The van der Waals surface area contributed by atoms with Crippen molar-refractivity contribution in [3.05, 3.63) is 0 Å². The molecular formula is C13H24O11. The predicted molar refractivity (Wildman–Crippen MR) is 73.4 cm³/mol. The van der Waals surface area contributed by atoms with E-state index in [0.29, 0.717) is 0 Å². The molecule has 10 atom stereocenters. The van der Waals surface area contributed by atoms with Crippen molar-refractivity contribution in [3.8, 4) is 0 Å². The van der Waals surface area contributed by atoms with E-state index in [9.17, 15) is 30.6 Å². The quantitative estimate of drug-likeness (QED) is 0.251. The van der Waals surface area contributed by atoms with E-state index >= 15 is 0 Å². The van der Waals surface area contributed by atoms with Gasteiger partial charge in [-0.15, -0.1) is 0 Å². The first kappa shape index (κ1) is 19.9. The third-order valence-electron chi connectivity index (χ3n) is 4.19. The molecule has 2 rings (SSSR count). The maximum absolute atomic E-state index is 10.2. The van der Waals surface area contributed by atoms with Crippen LogP contribution in [0.4, 0.5) is 0 Å². The van der Waals surface area contributed by atoms with Crippen LogP contribution in [-0.2, 0) is 18.9 Å². The van der Waals surface area contributed by atoms with Crippen LogP contribution in [0.3, 0.4) is 0 Å². The highest BCUT2D eigenvalue weighted by Gasteiger charge is 2.50. The summed E-state index contributed by atoms with van der Waals surface area (Å²) in [7, 11) is 1.24. The zero-order chi connectivity index (χ0) is 18.0. The van der Waals surface area contributed by atoms with Gasteiger partial charge in [-0.3, -0.25) is 0 Å². The van der Waals surface area contributed by atoms with Crippen LogP contribution in [0.2, 0.25) is 0 Å². The first-order chi connectivity index (χ1) is 11.3. The molecule has 0 aromatic heterocycles. The van der Waals surface area contributed by atoms with Gasteiger partial charge in [0.15, 0.2) is 12.6 Å². The average molecular weight is 356 g/mol. The van der Waals surface area contributed by atoms with Crippen LogP contribution in [0.15, 0.2) is 0 Å². The van der Waals surface area contributed by atoms with Crippen LogP contribution in [0.25, 0.3) is 0 Å². The number of ether oxygens (including phenoxy) is 4. The summed E-state index contributed by atoms with van der Waals surface area (Å²) < 4.78 is 20.6. The molecule has 0 aromatic carbocycles. The summed E-state index contributed by atoms with van der Waals surface area (Å²) in [6, 6.07) is 0. The van der Waals surface area contributed by atoms with Crippen molar-refractivity contribution < 1.29 is 54.7 Å². The van der Waals surface area contributed by atoms with E-state index in [2.05, 4.69) is 0 Å². The van der Waals surface area contributed by atoms with Gasteiger partial charge in [-0.1, -0.05) is 0 Å². The number of rotatable bonds is 5. The SMILES string of the molecule is CO[C@H]1O[C@H](CO)[C@@H](O)C(O[C@@H]2OC(CO)[C@H](O)C(O)[C@H]2O)C1O. The first-order valence-corrected chi connectivity index (χ1v) is 7.46. The Bertz CT molecular complexity index is 378. The lowest BCUT2D eigenvalue weighted by Crippen LogP contribution is -2.64. The number of aliphatic hydroxyl groups is 7. The Morgan fingerprint density at radius 1 is 0.708 bits per heavy atom. The molecule has 2 aliphatic heterocycles. The Morgan fingerprint density at radius 2 is 1.25 bits per heavy atom. The molecule has 24 heavy (non-hydrogen) atoms. The van der Waals surface area contributed by atoms with E-state index in [1.54, 1.807) is 0 Å². The van der Waals surface area contributed by atoms with Crippen molar-refractivity contribution in [1.82, 2.24) is 0 Å². The van der Waals surface area contributed by atoms with E-state index in [1.807, 2.05) is 0 Å². The highest BCUT2D eigenvalue weighted by atomic mass is 16.7. The van der Waals surface area contributed by atoms with Crippen molar-refractivity contribution >= 4 is 0 Å². The zero-order valence-corrected chi connectivity index (χ0v) is 13.0. The van der Waals surface area contributed by atoms with Crippen molar-refractivity contribution in [1.29, 1.82) is 0 Å². The summed E-state index contributed by atoms with van der Waals surface area (Å²) >= 11 is 0. The summed E-state index contributed by atoms with van der Waals surface area (Å²) in [5.41, 5.74) is 0. The van der Waals surface area contributed by atoms with E-state index in [0.717, 1.165) is 0 Å². The molecule has 7 N–H and O–H groups in total. The molecule has 11 heteroatoms. The Kier molecular flexibility index (Phi) is 6.87. The second-order valence-corrected chi connectivity index (χ2v) is 5.74. The lowest BCUT2D eigenvalue weighted by Gasteiger charge is -2.45. The molecule has 11 nitrogen and oxygen atoms in total. The van der Waals surface area contributed by atoms with Crippen LogP contribution in [-0.4, -0.2) is 117 Å². The predicted octanol–water partition coefficient (Wildman–Crippen LogP) is -4.74. The van der Waals surface area contributed by atoms with E-state index in [1.165, 1.54) is 7.11 Å². The minimum Gasteiger partial charge on any atom is -0.394 e. The van der Waals surface area contributed by atoms with Crippen LogP contribution < -0.4 is 0 Å². The maximum atomic E-state index is 10.2. The fraction of sp³-hybridized carbons (Fsp3) is 1.00. The zero-order valence-electron chi connectivity index (χ0n) is 13.0. The molecule has 4 unspecified atom stereocenters. The third-order valence-corrected chi connectivity index (χ3v) is 4.19. The molecule has 2 heterocycles. The molecule has 2 saturated heterocycles. The molecule has 0 radical (unpaired) electrons. The Balaban J connectivity index is 2.14. The van der Waals surface area contributed by atoms with Gasteiger partial charge in [-0.05, 0) is 0 Å². The van der Waals surface area contributed by atoms with E-state index < -0.39 is 74.6 Å². The lowest BCUT2D eigenvalue weighted by molar-refractivity contribution is -0.358. The molecule has 0 amide bonds. The van der Waals surface area contributed by atoms with E-state index in [-0.39, 0.29) is 0 Å². The standard InChI is InChI=1S/C13H24O11/c1-21-12-10(20)11(7(17)5(3-15)22-12)24-13-9(19)8(18)6(16)4(2-14)23-13/h4-20H,2-3H2,1H3/t4?,5-,6+,7-,8?,9-,10?,11?,12+,13+/m1/s1. The minimum atomic E-state index is -1.70. The Morgan fingerprint density at radius 3 is 1.79 bits per heavy atom. The molecule has 0 saturated carbocycles. The van der Waals surface area contributed by atoms with Gasteiger partial charge in [0.25, 0.3) is 0 Å². The summed E-state index contributed by atoms with van der Waals surface area (Å²) in [6.45, 7) is -1.23. The van der Waals surface area contributed by atoms with Crippen molar-refractivity contribution in [2.75, 3.05) is 20.3 Å². The normalized spacial score (nSPS) is 50.0. The second-order valence-electron chi connectivity index (χ2n) is 5.74. The highest BCUT2D eigenvalue weighted by molar-refractivity contribution is 4.93. The van der Waals surface area contributed by atoms with Gasteiger partial charge >= 0.3 is 0 Å². The molecule has 2 fully saturated rings. The molecular weight excluding hydrogens is 332 g/mol. The highest BCUT2D eigenvalue weighted by Crippen LogP contribution is 2.29. The monoisotopic (exact) mass is 356 g/mol. The van der Waals surface area contributed by atoms with Gasteiger partial charge in [0.1, 0.15) is 48.8 Å². The van der Waals surface area contributed by atoms with Gasteiger partial charge < -0.3 is 54.7 Å². The van der Waals surface area contributed by atoms with Crippen molar-refractivity contribution in [2.24, 2.45) is 0 Å². The van der Waals surface area contributed by atoms with Crippen LogP contribution in [0.1, 0.15) is 0 Å². The summed E-state index contributed by atoms with van der Waals surface area (Å²) in [6.07, 6.45) is -14.4. The van der Waals surface area contributed by atoms with E-state index in [4.69, 9.17) is 24.1 Å². The number of hydrogen-bond acceptors (Lipinski definition) is 11. The third kappa shape index (κ3) is 3.71. The minimum absolute atomic E-state index is 0.581. The molecule has 142 valence electrons. The summed E-state index contributed by atoms with van der Waals surface area (Å²) in [5, 5.41) is 68.1. The fourth-order valence-electron chi connectivity index (χ4n) is 2.74. The molecule has 2 aliphatic rings. The fourth-order valence-corrected chi connectivity index (χ4v) is 2.74. The van der Waals surface area contributed by atoms with Crippen molar-refractivity contribution in [2.45, 2.75) is 61.4 Å².